The molecule has 6 nitrogen and oxygen atoms in total. The molecule has 0 radical (unpaired) electrons. The number of aromatic nitrogens is 3. The number of likely N-dealkylation sites (N-methyl/N-ethyl adjacent to an activating group) is 1. The summed E-state index contributed by atoms with van der Waals surface area (Å²) in [5, 5.41) is 8.68. The molecule has 1 aromatic carbocycles. The van der Waals surface area contributed by atoms with Gasteiger partial charge in [-0.15, -0.1) is 12.4 Å². The Hall–Kier alpha value is -2.02. The average Bonchev–Trinajstić information content (AvgIpc) is 3.04. The fraction of sp³-hybridized carbons (Fsp3) is 0.353. The van der Waals surface area contributed by atoms with E-state index in [0.29, 0.717) is 12.3 Å². The Bertz CT molecular complexity index is 816. The smallest absolute Gasteiger partial charge is 0.231 e. The number of pyridine rings is 1. The first-order valence-electron chi connectivity index (χ1n) is 7.87. The molecule has 1 atom stereocenters. The van der Waals surface area contributed by atoms with Gasteiger partial charge in [-0.3, -0.25) is 9.88 Å². The summed E-state index contributed by atoms with van der Waals surface area (Å²) in [4.78, 5) is 11.3. The zero-order chi connectivity index (χ0) is 15.6. The van der Waals surface area contributed by atoms with E-state index >= 15 is 0 Å². The van der Waals surface area contributed by atoms with Crippen molar-refractivity contribution in [3.8, 4) is 0 Å². The van der Waals surface area contributed by atoms with Crippen molar-refractivity contribution in [2.75, 3.05) is 26.7 Å². The number of piperazine rings is 1. The molecule has 1 aliphatic rings. The molecule has 0 bridgehead atoms. The summed E-state index contributed by atoms with van der Waals surface area (Å²) in [6.07, 6.45) is 2.42. The van der Waals surface area contributed by atoms with Crippen LogP contribution in [-0.2, 0) is 6.42 Å². The molecule has 1 aliphatic heterocycles. The number of para-hydroxylation sites is 1. The van der Waals surface area contributed by atoms with Crippen molar-refractivity contribution >= 4 is 23.3 Å². The van der Waals surface area contributed by atoms with Gasteiger partial charge >= 0.3 is 0 Å². The van der Waals surface area contributed by atoms with Crippen LogP contribution in [0, 0.1) is 0 Å². The van der Waals surface area contributed by atoms with Crippen LogP contribution in [-0.4, -0.2) is 46.7 Å². The maximum Gasteiger partial charge on any atom is 0.231 e. The van der Waals surface area contributed by atoms with Gasteiger partial charge in [0, 0.05) is 31.2 Å². The van der Waals surface area contributed by atoms with Crippen molar-refractivity contribution in [2.45, 2.75) is 12.5 Å². The maximum atomic E-state index is 5.48. The Morgan fingerprint density at radius 1 is 1.29 bits per heavy atom. The summed E-state index contributed by atoms with van der Waals surface area (Å²) < 4.78 is 5.48. The van der Waals surface area contributed by atoms with E-state index < -0.39 is 0 Å². The van der Waals surface area contributed by atoms with Gasteiger partial charge in [0.05, 0.1) is 18.0 Å². The Labute approximate surface area is 146 Å². The molecule has 0 amide bonds. The van der Waals surface area contributed by atoms with E-state index in [1.807, 2.05) is 18.3 Å². The van der Waals surface area contributed by atoms with E-state index in [1.54, 1.807) is 0 Å². The highest BCUT2D eigenvalue weighted by molar-refractivity contribution is 5.85. The highest BCUT2D eigenvalue weighted by Crippen LogP contribution is 2.21. The molecule has 1 N–H and O–H groups in total. The molecular weight excluding hydrogens is 326 g/mol. The van der Waals surface area contributed by atoms with Crippen molar-refractivity contribution < 1.29 is 4.52 Å². The van der Waals surface area contributed by atoms with Crippen LogP contribution in [0.2, 0.25) is 0 Å². The molecule has 4 rings (SSSR count). The Morgan fingerprint density at radius 3 is 3.04 bits per heavy atom. The van der Waals surface area contributed by atoms with Gasteiger partial charge in [0.25, 0.3) is 0 Å². The molecule has 24 heavy (non-hydrogen) atoms. The van der Waals surface area contributed by atoms with E-state index in [0.717, 1.165) is 41.9 Å². The second-order valence-corrected chi connectivity index (χ2v) is 5.92. The second kappa shape index (κ2) is 7.25. The number of hydrogen-bond acceptors (Lipinski definition) is 6. The van der Waals surface area contributed by atoms with Gasteiger partial charge in [-0.25, -0.2) is 0 Å². The Balaban J connectivity index is 0.00000169. The lowest BCUT2D eigenvalue weighted by Gasteiger charge is -2.30. The van der Waals surface area contributed by atoms with Crippen molar-refractivity contribution in [2.24, 2.45) is 0 Å². The molecule has 0 spiro atoms. The number of fused-ring (bicyclic) bond motifs is 1. The summed E-state index contributed by atoms with van der Waals surface area (Å²) in [7, 11) is 2.09. The fourth-order valence-corrected chi connectivity index (χ4v) is 3.04. The lowest BCUT2D eigenvalue weighted by atomic mass is 10.1. The first kappa shape index (κ1) is 16.8. The van der Waals surface area contributed by atoms with Crippen LogP contribution >= 0.6 is 12.4 Å². The van der Waals surface area contributed by atoms with Crippen LogP contribution in [0.15, 0.2) is 41.1 Å². The van der Waals surface area contributed by atoms with Gasteiger partial charge in [0.1, 0.15) is 0 Å². The predicted octanol–water partition coefficient (Wildman–Crippen LogP) is 2.21. The van der Waals surface area contributed by atoms with Crippen molar-refractivity contribution in [3.05, 3.63) is 53.8 Å². The van der Waals surface area contributed by atoms with Crippen molar-refractivity contribution in [1.82, 2.24) is 25.3 Å². The minimum Gasteiger partial charge on any atom is -0.339 e. The SMILES string of the molecule is CN1CCNCC1c1noc(Cc2cccc3cccnc23)n1.Cl. The molecule has 126 valence electrons. The monoisotopic (exact) mass is 345 g/mol. The summed E-state index contributed by atoms with van der Waals surface area (Å²) >= 11 is 0. The normalized spacial score (nSPS) is 18.5. The molecular formula is C17H20ClN5O. The topological polar surface area (TPSA) is 67.1 Å². The van der Waals surface area contributed by atoms with Crippen LogP contribution in [0.4, 0.5) is 0 Å². The summed E-state index contributed by atoms with van der Waals surface area (Å²) in [6, 6.07) is 10.3. The molecule has 0 aliphatic carbocycles. The Morgan fingerprint density at radius 2 is 2.17 bits per heavy atom. The van der Waals surface area contributed by atoms with Crippen LogP contribution in [0.5, 0.6) is 0 Å². The zero-order valence-corrected chi connectivity index (χ0v) is 14.3. The Kier molecular flexibility index (Phi) is 5.08. The molecule has 7 heteroatoms. The maximum absolute atomic E-state index is 5.48. The number of benzene rings is 1. The zero-order valence-electron chi connectivity index (χ0n) is 13.5. The number of halogens is 1. The average molecular weight is 346 g/mol. The van der Waals surface area contributed by atoms with E-state index in [4.69, 9.17) is 4.52 Å². The second-order valence-electron chi connectivity index (χ2n) is 5.92. The van der Waals surface area contributed by atoms with E-state index in [2.05, 4.69) is 50.6 Å². The standard InChI is InChI=1S/C17H19N5O.ClH/c1-22-9-8-18-11-14(22)17-20-15(23-21-17)10-13-5-2-4-12-6-3-7-19-16(12)13;/h2-7,14,18H,8-11H2,1H3;1H. The number of nitrogens with one attached hydrogen (secondary N) is 1. The van der Waals surface area contributed by atoms with Gasteiger partial charge in [-0.2, -0.15) is 4.98 Å². The highest BCUT2D eigenvalue weighted by atomic mass is 35.5. The first-order chi connectivity index (χ1) is 11.3. The number of rotatable bonds is 3. The first-order valence-corrected chi connectivity index (χ1v) is 7.87. The lowest BCUT2D eigenvalue weighted by Crippen LogP contribution is -2.44. The van der Waals surface area contributed by atoms with Crippen molar-refractivity contribution in [1.29, 1.82) is 0 Å². The molecule has 3 aromatic rings. The number of nitrogens with zero attached hydrogens (tertiary/aromatic N) is 4. The van der Waals surface area contributed by atoms with Crippen LogP contribution < -0.4 is 5.32 Å². The quantitative estimate of drug-likeness (QED) is 0.785. The van der Waals surface area contributed by atoms with Gasteiger partial charge in [0.2, 0.25) is 5.89 Å². The van der Waals surface area contributed by atoms with Gasteiger partial charge in [0.15, 0.2) is 5.82 Å². The number of hydrogen-bond donors (Lipinski definition) is 1. The molecule has 1 saturated heterocycles. The third kappa shape index (κ3) is 3.26. The van der Waals surface area contributed by atoms with E-state index in [-0.39, 0.29) is 18.4 Å². The fourth-order valence-electron chi connectivity index (χ4n) is 3.04. The highest BCUT2D eigenvalue weighted by Gasteiger charge is 2.25. The van der Waals surface area contributed by atoms with Gasteiger partial charge in [-0.05, 0) is 18.7 Å². The van der Waals surface area contributed by atoms with E-state index in [9.17, 15) is 0 Å². The van der Waals surface area contributed by atoms with Crippen molar-refractivity contribution in [3.63, 3.8) is 0 Å². The predicted molar refractivity (Wildman–Crippen MR) is 94.3 cm³/mol. The third-order valence-electron chi connectivity index (χ3n) is 4.35. The molecule has 0 saturated carbocycles. The minimum atomic E-state index is 0. The molecule has 3 heterocycles. The van der Waals surface area contributed by atoms with Crippen LogP contribution in [0.25, 0.3) is 10.9 Å². The minimum absolute atomic E-state index is 0. The molecule has 1 fully saturated rings. The van der Waals surface area contributed by atoms with Gasteiger partial charge in [-0.1, -0.05) is 29.4 Å². The summed E-state index contributed by atoms with van der Waals surface area (Å²) in [6.45, 7) is 2.84. The van der Waals surface area contributed by atoms with Crippen LogP contribution in [0.3, 0.4) is 0 Å². The van der Waals surface area contributed by atoms with Gasteiger partial charge < -0.3 is 9.84 Å². The third-order valence-corrected chi connectivity index (χ3v) is 4.35. The lowest BCUT2D eigenvalue weighted by molar-refractivity contribution is 0.190. The summed E-state index contributed by atoms with van der Waals surface area (Å²) in [5.74, 6) is 1.39. The van der Waals surface area contributed by atoms with E-state index in [1.165, 1.54) is 0 Å². The van der Waals surface area contributed by atoms with Crippen LogP contribution in [0.1, 0.15) is 23.3 Å². The molecule has 1 unspecified atom stereocenters. The largest absolute Gasteiger partial charge is 0.339 e. The summed E-state index contributed by atoms with van der Waals surface area (Å²) in [5.41, 5.74) is 2.10. The molecule has 2 aromatic heterocycles.